The van der Waals surface area contributed by atoms with E-state index < -0.39 is 0 Å². The topological polar surface area (TPSA) is 15.3 Å². The molecule has 1 atom stereocenters. The average Bonchev–Trinajstić information content (AvgIpc) is 2.45. The number of nitrogens with one attached hydrogen (secondary N) is 1. The molecule has 1 aliphatic rings. The van der Waals surface area contributed by atoms with Gasteiger partial charge in [0.25, 0.3) is 0 Å². The molecule has 1 N–H and O–H groups in total. The first-order chi connectivity index (χ1) is 9.49. The molecule has 0 saturated carbocycles. The SMILES string of the molecule is CCC1(CC)CN(Cc2cc(F)ccc2F)C(C)CN1. The lowest BCUT2D eigenvalue weighted by atomic mass is 9.88. The third-order valence-electron chi connectivity index (χ3n) is 4.64. The second kappa shape index (κ2) is 6.19. The van der Waals surface area contributed by atoms with E-state index in [-0.39, 0.29) is 17.2 Å². The summed E-state index contributed by atoms with van der Waals surface area (Å²) in [5, 5.41) is 3.61. The van der Waals surface area contributed by atoms with Crippen molar-refractivity contribution in [3.63, 3.8) is 0 Å². The largest absolute Gasteiger partial charge is 0.308 e. The molecule has 2 nitrogen and oxygen atoms in total. The van der Waals surface area contributed by atoms with Gasteiger partial charge in [-0.3, -0.25) is 4.90 Å². The van der Waals surface area contributed by atoms with Crippen LogP contribution in [0.4, 0.5) is 8.78 Å². The van der Waals surface area contributed by atoms with E-state index in [1.54, 1.807) is 0 Å². The van der Waals surface area contributed by atoms with Gasteiger partial charge in [0.05, 0.1) is 0 Å². The molecule has 0 bridgehead atoms. The molecule has 0 spiro atoms. The summed E-state index contributed by atoms with van der Waals surface area (Å²) in [6, 6.07) is 4.01. The molecule has 1 saturated heterocycles. The molecular weight excluding hydrogens is 258 g/mol. The van der Waals surface area contributed by atoms with Crippen molar-refractivity contribution < 1.29 is 8.78 Å². The van der Waals surface area contributed by atoms with Crippen LogP contribution in [-0.4, -0.2) is 29.6 Å². The Morgan fingerprint density at radius 3 is 2.65 bits per heavy atom. The van der Waals surface area contributed by atoms with E-state index in [0.717, 1.165) is 25.9 Å². The maximum absolute atomic E-state index is 13.8. The molecule has 0 amide bonds. The summed E-state index contributed by atoms with van der Waals surface area (Å²) in [6.07, 6.45) is 2.08. The lowest BCUT2D eigenvalue weighted by molar-refractivity contribution is 0.0736. The molecule has 1 aromatic rings. The quantitative estimate of drug-likeness (QED) is 0.911. The van der Waals surface area contributed by atoms with Crippen molar-refractivity contribution in [3.05, 3.63) is 35.4 Å². The number of hydrogen-bond donors (Lipinski definition) is 1. The highest BCUT2D eigenvalue weighted by molar-refractivity contribution is 5.19. The van der Waals surface area contributed by atoms with Crippen LogP contribution >= 0.6 is 0 Å². The number of benzene rings is 1. The first-order valence-corrected chi connectivity index (χ1v) is 7.42. The molecule has 1 heterocycles. The van der Waals surface area contributed by atoms with Crippen molar-refractivity contribution in [2.45, 2.75) is 51.7 Å². The molecule has 1 fully saturated rings. The van der Waals surface area contributed by atoms with E-state index in [4.69, 9.17) is 0 Å². The third kappa shape index (κ3) is 3.18. The van der Waals surface area contributed by atoms with Crippen molar-refractivity contribution >= 4 is 0 Å². The Balaban J connectivity index is 2.16. The van der Waals surface area contributed by atoms with Crippen LogP contribution in [0.25, 0.3) is 0 Å². The van der Waals surface area contributed by atoms with Crippen LogP contribution in [0.5, 0.6) is 0 Å². The minimum Gasteiger partial charge on any atom is -0.308 e. The fraction of sp³-hybridized carbons (Fsp3) is 0.625. The van der Waals surface area contributed by atoms with Crippen LogP contribution in [-0.2, 0) is 6.54 Å². The summed E-state index contributed by atoms with van der Waals surface area (Å²) < 4.78 is 27.1. The Bertz CT molecular complexity index is 458. The highest BCUT2D eigenvalue weighted by Crippen LogP contribution is 2.24. The van der Waals surface area contributed by atoms with E-state index in [2.05, 4.69) is 31.0 Å². The van der Waals surface area contributed by atoms with Gasteiger partial charge in [0.2, 0.25) is 0 Å². The lowest BCUT2D eigenvalue weighted by Gasteiger charge is -2.46. The number of nitrogens with zero attached hydrogens (tertiary/aromatic N) is 1. The molecule has 112 valence electrons. The Kier molecular flexibility index (Phi) is 4.76. The van der Waals surface area contributed by atoms with E-state index in [0.29, 0.717) is 18.2 Å². The zero-order chi connectivity index (χ0) is 14.8. The van der Waals surface area contributed by atoms with Gasteiger partial charge in [-0.1, -0.05) is 13.8 Å². The Morgan fingerprint density at radius 1 is 1.30 bits per heavy atom. The molecule has 0 aromatic heterocycles. The standard InChI is InChI=1S/C16H24F2N2/c1-4-16(5-2)11-20(12(3)9-19-16)10-13-8-14(17)6-7-15(13)18/h6-8,12,19H,4-5,9-11H2,1-3H3. The first-order valence-electron chi connectivity index (χ1n) is 7.42. The molecule has 1 unspecified atom stereocenters. The molecule has 0 radical (unpaired) electrons. The van der Waals surface area contributed by atoms with Crippen LogP contribution in [0, 0.1) is 11.6 Å². The fourth-order valence-corrected chi connectivity index (χ4v) is 2.91. The van der Waals surface area contributed by atoms with E-state index in [1.165, 1.54) is 18.2 Å². The van der Waals surface area contributed by atoms with Crippen molar-refractivity contribution in [1.29, 1.82) is 0 Å². The fourth-order valence-electron chi connectivity index (χ4n) is 2.91. The number of piperazine rings is 1. The van der Waals surface area contributed by atoms with Gasteiger partial charge < -0.3 is 5.32 Å². The summed E-state index contributed by atoms with van der Waals surface area (Å²) >= 11 is 0. The van der Waals surface area contributed by atoms with Crippen LogP contribution in [0.3, 0.4) is 0 Å². The van der Waals surface area contributed by atoms with Crippen molar-refractivity contribution in [2.24, 2.45) is 0 Å². The summed E-state index contributed by atoms with van der Waals surface area (Å²) in [7, 11) is 0. The van der Waals surface area contributed by atoms with Gasteiger partial charge in [0.1, 0.15) is 11.6 Å². The van der Waals surface area contributed by atoms with Crippen molar-refractivity contribution in [3.8, 4) is 0 Å². The Labute approximate surface area is 120 Å². The van der Waals surface area contributed by atoms with Crippen LogP contribution in [0.15, 0.2) is 18.2 Å². The van der Waals surface area contributed by atoms with Gasteiger partial charge in [-0.25, -0.2) is 8.78 Å². The van der Waals surface area contributed by atoms with Crippen molar-refractivity contribution in [1.82, 2.24) is 10.2 Å². The number of halogens is 2. The van der Waals surface area contributed by atoms with Crippen LogP contribution in [0.2, 0.25) is 0 Å². The average molecular weight is 282 g/mol. The molecule has 1 aliphatic heterocycles. The molecule has 0 aliphatic carbocycles. The van der Waals surface area contributed by atoms with Gasteiger partial charge >= 0.3 is 0 Å². The Morgan fingerprint density at radius 2 is 2.00 bits per heavy atom. The summed E-state index contributed by atoms with van der Waals surface area (Å²) in [5.74, 6) is -0.697. The minimum absolute atomic E-state index is 0.0936. The molecule has 20 heavy (non-hydrogen) atoms. The van der Waals surface area contributed by atoms with E-state index in [9.17, 15) is 8.78 Å². The number of hydrogen-bond acceptors (Lipinski definition) is 2. The zero-order valence-electron chi connectivity index (χ0n) is 12.5. The lowest BCUT2D eigenvalue weighted by Crippen LogP contribution is -2.62. The second-order valence-corrected chi connectivity index (χ2v) is 5.86. The summed E-state index contributed by atoms with van der Waals surface area (Å²) in [5.41, 5.74) is 0.538. The zero-order valence-corrected chi connectivity index (χ0v) is 12.5. The van der Waals surface area contributed by atoms with Crippen LogP contribution < -0.4 is 5.32 Å². The predicted octanol–water partition coefficient (Wildman–Crippen LogP) is 3.32. The van der Waals surface area contributed by atoms with Crippen LogP contribution in [0.1, 0.15) is 39.2 Å². The highest BCUT2D eigenvalue weighted by Gasteiger charge is 2.35. The van der Waals surface area contributed by atoms with Gasteiger partial charge in [0, 0.05) is 36.8 Å². The highest BCUT2D eigenvalue weighted by atomic mass is 19.1. The maximum atomic E-state index is 13.8. The second-order valence-electron chi connectivity index (χ2n) is 5.86. The van der Waals surface area contributed by atoms with E-state index >= 15 is 0 Å². The Hall–Kier alpha value is -1.00. The van der Waals surface area contributed by atoms with E-state index in [1.807, 2.05) is 0 Å². The molecule has 1 aromatic carbocycles. The first kappa shape index (κ1) is 15.4. The summed E-state index contributed by atoms with van der Waals surface area (Å²) in [6.45, 7) is 8.70. The van der Waals surface area contributed by atoms with Gasteiger partial charge in [-0.15, -0.1) is 0 Å². The maximum Gasteiger partial charge on any atom is 0.127 e. The van der Waals surface area contributed by atoms with Gasteiger partial charge in [-0.05, 0) is 38.0 Å². The van der Waals surface area contributed by atoms with Crippen molar-refractivity contribution in [2.75, 3.05) is 13.1 Å². The number of rotatable bonds is 4. The summed E-state index contributed by atoms with van der Waals surface area (Å²) in [4.78, 5) is 2.25. The third-order valence-corrected chi connectivity index (χ3v) is 4.64. The normalized spacial score (nSPS) is 22.9. The smallest absolute Gasteiger partial charge is 0.127 e. The monoisotopic (exact) mass is 282 g/mol. The molecular formula is C16H24F2N2. The molecule has 4 heteroatoms. The van der Waals surface area contributed by atoms with Gasteiger partial charge in [-0.2, -0.15) is 0 Å². The van der Waals surface area contributed by atoms with Gasteiger partial charge in [0.15, 0.2) is 0 Å². The minimum atomic E-state index is -0.374. The molecule has 2 rings (SSSR count). The predicted molar refractivity (Wildman–Crippen MR) is 77.5 cm³/mol.